The molecule has 5 rings (SSSR count). The predicted molar refractivity (Wildman–Crippen MR) is 239 cm³/mol. The number of aliphatic carboxylic acids is 2. The Kier molecular flexibility index (Phi) is 16.6. The van der Waals surface area contributed by atoms with E-state index in [4.69, 9.17) is 25.4 Å². The average Bonchev–Trinajstić information content (AvgIpc) is 3.60. The summed E-state index contributed by atoms with van der Waals surface area (Å²) in [5.41, 5.74) is 1.88. The summed E-state index contributed by atoms with van der Waals surface area (Å²) in [5.74, 6) is -4.18. The molecule has 4 saturated carbocycles. The van der Waals surface area contributed by atoms with Crippen molar-refractivity contribution in [2.75, 3.05) is 18.9 Å². The van der Waals surface area contributed by atoms with Crippen LogP contribution in [0.5, 0.6) is 0 Å². The monoisotopic (exact) mass is 946 g/mol. The molecule has 13 N–H and O–H groups in total. The third-order valence-electron chi connectivity index (χ3n) is 17.5. The number of carbonyl (C=O) groups excluding carboxylic acids is 2. The van der Waals surface area contributed by atoms with Gasteiger partial charge in [0.15, 0.2) is 6.29 Å². The molecule has 65 heavy (non-hydrogen) atoms. The zero-order chi connectivity index (χ0) is 48.8. The zero-order valence-corrected chi connectivity index (χ0v) is 40.3. The van der Waals surface area contributed by atoms with Crippen LogP contribution in [0.1, 0.15) is 126 Å². The molecule has 0 spiro atoms. The van der Waals surface area contributed by atoms with Crippen LogP contribution in [0.15, 0.2) is 0 Å². The fraction of sp³-hybridized carbons (Fsp3) is 0.913. The van der Waals surface area contributed by atoms with Crippen molar-refractivity contribution in [2.45, 2.75) is 197 Å². The lowest BCUT2D eigenvalue weighted by Gasteiger charge is -2.70. The Morgan fingerprint density at radius 3 is 2.12 bits per heavy atom. The summed E-state index contributed by atoms with van der Waals surface area (Å²) < 4.78 is 12.2. The Hall–Kier alpha value is -2.17. The molecule has 4 aliphatic carbocycles. The first-order valence-electron chi connectivity index (χ1n) is 23.4. The summed E-state index contributed by atoms with van der Waals surface area (Å²) >= 11 is 1.20. The van der Waals surface area contributed by atoms with Gasteiger partial charge in [-0.3, -0.25) is 19.2 Å². The number of thioether (sulfide) groups is 1. The first kappa shape index (κ1) is 53.8. The number of nitrogens with one attached hydrogen (secondary N) is 2. The topological polar surface area (TPSA) is 319 Å². The molecule has 0 aromatic rings. The molecule has 0 radical (unpaired) electrons. The van der Waals surface area contributed by atoms with Crippen molar-refractivity contribution in [3.05, 3.63) is 0 Å². The van der Waals surface area contributed by atoms with Crippen LogP contribution >= 0.6 is 11.8 Å². The highest BCUT2D eigenvalue weighted by Crippen LogP contribution is 2.76. The molecule has 18 nitrogen and oxygen atoms in total. The number of hydrogen-bond donors (Lipinski definition) is 12. The minimum absolute atomic E-state index is 0.0568. The number of amides is 2. The minimum atomic E-state index is -1.54. The van der Waals surface area contributed by atoms with Crippen molar-refractivity contribution in [1.82, 2.24) is 10.6 Å². The van der Waals surface area contributed by atoms with E-state index in [1.54, 1.807) is 20.8 Å². The Morgan fingerprint density at radius 1 is 0.877 bits per heavy atom. The van der Waals surface area contributed by atoms with Gasteiger partial charge in [-0.25, -0.2) is 0 Å². The number of fused-ring (bicyclic) bond motifs is 5. The number of ether oxygens (including phenoxy) is 2. The van der Waals surface area contributed by atoms with Gasteiger partial charge in [-0.15, -0.1) is 0 Å². The lowest BCUT2D eigenvalue weighted by atomic mass is 9.35. The maximum Gasteiger partial charge on any atom is 0.322 e. The van der Waals surface area contributed by atoms with E-state index < -0.39 is 108 Å². The van der Waals surface area contributed by atoms with Crippen molar-refractivity contribution in [2.24, 2.45) is 51.1 Å². The number of carboxylic acid groups (broad SMARTS) is 2. The standard InChI is InChI=1S/C46H79N3O15S/c1-41(2)28-12-17-44(6)29(43(28,5)15-13-30(41)64-40-37(57)36(56)35(55)27(21-50)63-40)19-26(51)34-23(11-16-45(34,44)7)46(8,62)18-14-31(42(3,4)61)65-22-25(38(58)48-20-33(53)54)49-32(52)10-9-24(47)39(59)60/h23-31,34-37,40,50-51,55-57,61-62H,9-22,47H2,1-8H3,(H,48,58)(H,49,52)(H,53,54)(H,59,60)/t23-,24-,25-,26+,27+,28-,29+,30-,31?,34-,35+,36-,37+,40-,43-,44+,45+,46-/m0/s1. The van der Waals surface area contributed by atoms with Crippen LogP contribution in [0.4, 0.5) is 0 Å². The minimum Gasteiger partial charge on any atom is -0.480 e. The molecule has 1 heterocycles. The van der Waals surface area contributed by atoms with E-state index in [1.165, 1.54) is 11.8 Å². The molecule has 0 aromatic heterocycles. The molecule has 19 heteroatoms. The van der Waals surface area contributed by atoms with Crippen LogP contribution < -0.4 is 16.4 Å². The number of aliphatic hydroxyl groups excluding tert-OH is 5. The highest BCUT2D eigenvalue weighted by atomic mass is 32.2. The van der Waals surface area contributed by atoms with Crippen LogP contribution in [0, 0.1) is 45.3 Å². The highest BCUT2D eigenvalue weighted by Gasteiger charge is 2.71. The lowest BCUT2D eigenvalue weighted by Crippen LogP contribution is -2.67. The quantitative estimate of drug-likeness (QED) is 0.0807. The molecular formula is C46H79N3O15S. The highest BCUT2D eigenvalue weighted by molar-refractivity contribution is 8.00. The molecule has 1 aliphatic heterocycles. The van der Waals surface area contributed by atoms with Crippen LogP contribution in [0.3, 0.4) is 0 Å². The third kappa shape index (κ3) is 10.7. The van der Waals surface area contributed by atoms with Gasteiger partial charge in [0.2, 0.25) is 11.8 Å². The van der Waals surface area contributed by atoms with E-state index in [1.807, 2.05) is 0 Å². The van der Waals surface area contributed by atoms with Gasteiger partial charge in [0.25, 0.3) is 0 Å². The summed E-state index contributed by atoms with van der Waals surface area (Å²) in [6.07, 6.45) is -2.48. The van der Waals surface area contributed by atoms with E-state index in [-0.39, 0.29) is 71.0 Å². The van der Waals surface area contributed by atoms with Gasteiger partial charge in [-0.2, -0.15) is 11.8 Å². The van der Waals surface area contributed by atoms with Gasteiger partial charge >= 0.3 is 11.9 Å². The van der Waals surface area contributed by atoms with Crippen molar-refractivity contribution in [3.8, 4) is 0 Å². The van der Waals surface area contributed by atoms with Crippen molar-refractivity contribution < 1.29 is 74.6 Å². The fourth-order valence-electron chi connectivity index (χ4n) is 13.6. The number of aliphatic hydroxyl groups is 7. The smallest absolute Gasteiger partial charge is 0.322 e. The SMILES string of the molecule is CC(C)(O)C(CC[C@](C)(O)[C@H]1CC[C@]2(C)[C@@H]1[C@H](O)C[C@@H]1[C@@]3(C)CC[C@H](O[C@@H]4O[C@H](CO)[C@@H](O)[C@H](O)[C@H]4O)C(C)(C)[C@@H]3CC[C@]12C)SC[C@H](NC(=O)CC[C@H](N)C(=O)O)C(=O)NCC(=O)O. The number of carboxylic acids is 2. The first-order chi connectivity index (χ1) is 30.0. The molecule has 0 bridgehead atoms. The second-order valence-electron chi connectivity index (χ2n) is 22.2. The van der Waals surface area contributed by atoms with E-state index in [9.17, 15) is 54.9 Å². The second kappa shape index (κ2) is 20.0. The maximum atomic E-state index is 13.1. The van der Waals surface area contributed by atoms with Crippen molar-refractivity contribution in [3.63, 3.8) is 0 Å². The van der Waals surface area contributed by atoms with Gasteiger partial charge in [0.1, 0.15) is 43.0 Å². The number of hydrogen-bond acceptors (Lipinski definition) is 15. The van der Waals surface area contributed by atoms with E-state index in [0.717, 1.165) is 25.7 Å². The van der Waals surface area contributed by atoms with Crippen LogP contribution in [-0.2, 0) is 28.7 Å². The molecule has 2 amide bonds. The van der Waals surface area contributed by atoms with Gasteiger partial charge in [0.05, 0.1) is 30.0 Å². The number of rotatable bonds is 19. The van der Waals surface area contributed by atoms with E-state index >= 15 is 0 Å². The summed E-state index contributed by atoms with van der Waals surface area (Å²) in [5, 5.41) is 100. The van der Waals surface area contributed by atoms with Crippen LogP contribution in [0.25, 0.3) is 0 Å². The van der Waals surface area contributed by atoms with Gasteiger partial charge in [0, 0.05) is 17.4 Å². The van der Waals surface area contributed by atoms with Crippen molar-refractivity contribution in [1.29, 1.82) is 0 Å². The summed E-state index contributed by atoms with van der Waals surface area (Å²) in [7, 11) is 0. The second-order valence-corrected chi connectivity index (χ2v) is 23.5. The number of nitrogens with two attached hydrogens (primary N) is 1. The Bertz CT molecular complexity index is 1710. The van der Waals surface area contributed by atoms with Gasteiger partial charge in [-0.1, -0.05) is 34.6 Å². The Morgan fingerprint density at radius 2 is 1.52 bits per heavy atom. The molecule has 1 saturated heterocycles. The fourth-order valence-corrected chi connectivity index (χ4v) is 15.0. The van der Waals surface area contributed by atoms with Crippen molar-refractivity contribution >= 4 is 35.5 Å². The molecule has 5 fully saturated rings. The average molecular weight is 946 g/mol. The Balaban J connectivity index is 1.28. The van der Waals surface area contributed by atoms with Crippen LogP contribution in [-0.4, -0.2) is 160 Å². The summed E-state index contributed by atoms with van der Waals surface area (Å²) in [6.45, 7) is 15.2. The number of carbonyl (C=O) groups is 4. The molecule has 374 valence electrons. The molecule has 1 unspecified atom stereocenters. The van der Waals surface area contributed by atoms with E-state index in [2.05, 4.69) is 45.3 Å². The predicted octanol–water partition coefficient (Wildman–Crippen LogP) is 1.11. The zero-order valence-electron chi connectivity index (χ0n) is 39.4. The van der Waals surface area contributed by atoms with Gasteiger partial charge in [-0.05, 0) is 130 Å². The summed E-state index contributed by atoms with van der Waals surface area (Å²) in [4.78, 5) is 48.2. The van der Waals surface area contributed by atoms with E-state index in [0.29, 0.717) is 25.7 Å². The first-order valence-corrected chi connectivity index (χ1v) is 24.5. The van der Waals surface area contributed by atoms with Gasteiger partial charge < -0.3 is 71.8 Å². The van der Waals surface area contributed by atoms with Crippen LogP contribution in [0.2, 0.25) is 0 Å². The molecule has 18 atom stereocenters. The molecular weight excluding hydrogens is 867 g/mol. The molecule has 0 aromatic carbocycles. The largest absolute Gasteiger partial charge is 0.480 e. The normalized spacial score (nSPS) is 40.2. The summed E-state index contributed by atoms with van der Waals surface area (Å²) in [6, 6.07) is -2.50. The molecule has 5 aliphatic rings. The lowest BCUT2D eigenvalue weighted by molar-refractivity contribution is -0.332. The maximum absolute atomic E-state index is 13.1. The third-order valence-corrected chi connectivity index (χ3v) is 19.2. The Labute approximate surface area is 387 Å².